The molecule has 1 aromatic carbocycles. The van der Waals surface area contributed by atoms with Crippen LogP contribution >= 0.6 is 11.3 Å². The van der Waals surface area contributed by atoms with Gasteiger partial charge in [0.05, 0.1) is 11.7 Å². The van der Waals surface area contributed by atoms with E-state index in [4.69, 9.17) is 0 Å². The molecule has 0 spiro atoms. The van der Waals surface area contributed by atoms with Gasteiger partial charge < -0.3 is 10.2 Å². The first-order chi connectivity index (χ1) is 14.1. The highest BCUT2D eigenvalue weighted by molar-refractivity contribution is 7.18. The highest BCUT2D eigenvalue weighted by atomic mass is 32.1. The smallest absolute Gasteiger partial charge is 0.262 e. The van der Waals surface area contributed by atoms with Crippen LogP contribution in [0.3, 0.4) is 0 Å². The average molecular weight is 411 g/mol. The van der Waals surface area contributed by atoms with E-state index in [9.17, 15) is 9.59 Å². The number of nitrogens with one attached hydrogen (secondary N) is 1. The van der Waals surface area contributed by atoms with Crippen LogP contribution in [0.4, 0.5) is 11.4 Å². The van der Waals surface area contributed by atoms with Crippen molar-refractivity contribution < 1.29 is 4.79 Å². The Bertz CT molecular complexity index is 1050. The first kappa shape index (κ1) is 19.6. The van der Waals surface area contributed by atoms with Crippen molar-refractivity contribution in [3.63, 3.8) is 0 Å². The number of thiophene rings is 1. The van der Waals surface area contributed by atoms with Crippen LogP contribution < -0.4 is 15.8 Å². The number of aromatic nitrogens is 2. The van der Waals surface area contributed by atoms with E-state index in [-0.39, 0.29) is 18.0 Å². The van der Waals surface area contributed by atoms with Gasteiger partial charge in [-0.15, -0.1) is 11.3 Å². The lowest BCUT2D eigenvalue weighted by Crippen LogP contribution is -2.27. The molecule has 0 saturated carbocycles. The summed E-state index contributed by atoms with van der Waals surface area (Å²) in [4.78, 5) is 33.7. The Morgan fingerprint density at radius 1 is 1.14 bits per heavy atom. The zero-order chi connectivity index (χ0) is 20.2. The second kappa shape index (κ2) is 8.78. The molecule has 0 aliphatic carbocycles. The Morgan fingerprint density at radius 3 is 2.55 bits per heavy atom. The van der Waals surface area contributed by atoms with E-state index < -0.39 is 0 Å². The molecule has 152 valence electrons. The Balaban J connectivity index is 1.42. The van der Waals surface area contributed by atoms with Crippen LogP contribution in [0.2, 0.25) is 0 Å². The van der Waals surface area contributed by atoms with Crippen LogP contribution in [0.5, 0.6) is 0 Å². The van der Waals surface area contributed by atoms with E-state index in [1.165, 1.54) is 53.6 Å². The van der Waals surface area contributed by atoms with Gasteiger partial charge in [-0.2, -0.15) is 0 Å². The molecule has 7 heteroatoms. The number of carbonyl (C=O) groups is 1. The molecular formula is C22H26N4O2S. The molecule has 1 N–H and O–H groups in total. The van der Waals surface area contributed by atoms with Crippen molar-refractivity contribution in [1.82, 2.24) is 9.55 Å². The zero-order valence-corrected chi connectivity index (χ0v) is 17.5. The van der Waals surface area contributed by atoms with Crippen LogP contribution in [0.15, 0.2) is 41.5 Å². The minimum Gasteiger partial charge on any atom is -0.372 e. The molecule has 0 atom stereocenters. The third kappa shape index (κ3) is 4.50. The normalized spacial score (nSPS) is 14.7. The lowest BCUT2D eigenvalue weighted by Gasteiger charge is -2.22. The second-order valence-electron chi connectivity index (χ2n) is 7.46. The second-order valence-corrected chi connectivity index (χ2v) is 8.57. The zero-order valence-electron chi connectivity index (χ0n) is 16.7. The summed E-state index contributed by atoms with van der Waals surface area (Å²) in [6.07, 6.45) is 7.40. The van der Waals surface area contributed by atoms with Gasteiger partial charge in [0.15, 0.2) is 0 Å². The Morgan fingerprint density at radius 2 is 1.86 bits per heavy atom. The van der Waals surface area contributed by atoms with Gasteiger partial charge in [-0.25, -0.2) is 4.98 Å². The van der Waals surface area contributed by atoms with Gasteiger partial charge >= 0.3 is 0 Å². The van der Waals surface area contributed by atoms with Crippen LogP contribution in [0.1, 0.15) is 37.5 Å². The van der Waals surface area contributed by atoms with Crippen LogP contribution in [0.25, 0.3) is 10.2 Å². The maximum atomic E-state index is 12.6. The largest absolute Gasteiger partial charge is 0.372 e. The number of hydrogen-bond donors (Lipinski definition) is 1. The van der Waals surface area contributed by atoms with Gasteiger partial charge in [0.2, 0.25) is 5.91 Å². The summed E-state index contributed by atoms with van der Waals surface area (Å²) in [6, 6.07) is 9.84. The van der Waals surface area contributed by atoms with Gasteiger partial charge in [0.25, 0.3) is 5.56 Å². The Hall–Kier alpha value is -2.67. The molecule has 0 bridgehead atoms. The van der Waals surface area contributed by atoms with E-state index in [0.29, 0.717) is 5.39 Å². The molecule has 6 nitrogen and oxygen atoms in total. The average Bonchev–Trinajstić information content (AvgIpc) is 2.97. The minimum atomic E-state index is -0.235. The maximum absolute atomic E-state index is 12.6. The predicted octanol–water partition coefficient (Wildman–Crippen LogP) is 4.04. The van der Waals surface area contributed by atoms with E-state index in [1.54, 1.807) is 0 Å². The molecule has 1 aliphatic rings. The first-order valence-electron chi connectivity index (χ1n) is 10.3. The van der Waals surface area contributed by atoms with Gasteiger partial charge in [-0.05, 0) is 49.6 Å². The standard InChI is InChI=1S/C22H26N4O2S/c1-2-18-13-19-21(29-18)23-15-26(22(19)28)14-20(27)24-16-7-9-17(10-8-16)25-11-5-3-4-6-12-25/h7-10,13,15H,2-6,11-12,14H2,1H3,(H,24,27). The van der Waals surface area contributed by atoms with Crippen molar-refractivity contribution in [3.05, 3.63) is 51.9 Å². The number of aryl methyl sites for hydroxylation is 1. The van der Waals surface area contributed by atoms with Gasteiger partial charge in [0, 0.05) is 29.3 Å². The Kier molecular flexibility index (Phi) is 5.94. The summed E-state index contributed by atoms with van der Waals surface area (Å²) in [5.74, 6) is -0.235. The number of anilines is 2. The van der Waals surface area contributed by atoms with Crippen molar-refractivity contribution in [2.24, 2.45) is 0 Å². The molecule has 1 fully saturated rings. The number of hydrogen-bond acceptors (Lipinski definition) is 5. The van der Waals surface area contributed by atoms with Crippen molar-refractivity contribution in [1.29, 1.82) is 0 Å². The molecule has 3 heterocycles. The third-order valence-electron chi connectivity index (χ3n) is 5.35. The first-order valence-corrected chi connectivity index (χ1v) is 11.1. The Labute approximate surface area is 174 Å². The molecule has 1 amide bonds. The maximum Gasteiger partial charge on any atom is 0.262 e. The molecule has 1 aliphatic heterocycles. The topological polar surface area (TPSA) is 67.2 Å². The van der Waals surface area contributed by atoms with Crippen LogP contribution in [0, 0.1) is 0 Å². The van der Waals surface area contributed by atoms with E-state index >= 15 is 0 Å². The highest BCUT2D eigenvalue weighted by Gasteiger charge is 2.12. The van der Waals surface area contributed by atoms with Gasteiger partial charge in [-0.3, -0.25) is 14.2 Å². The number of nitrogens with zero attached hydrogens (tertiary/aromatic N) is 3. The number of carbonyl (C=O) groups excluding carboxylic acids is 1. The molecular weight excluding hydrogens is 384 g/mol. The van der Waals surface area contributed by atoms with Crippen molar-refractivity contribution in [2.75, 3.05) is 23.3 Å². The SMILES string of the molecule is CCc1cc2c(=O)n(CC(=O)Nc3ccc(N4CCCCCC4)cc3)cnc2s1. The van der Waals surface area contributed by atoms with Crippen molar-refractivity contribution >= 4 is 38.8 Å². The molecule has 29 heavy (non-hydrogen) atoms. The summed E-state index contributed by atoms with van der Waals surface area (Å²) in [5, 5.41) is 3.47. The fourth-order valence-corrected chi connectivity index (χ4v) is 4.66. The monoisotopic (exact) mass is 410 g/mol. The minimum absolute atomic E-state index is 0.0487. The molecule has 1 saturated heterocycles. The van der Waals surface area contributed by atoms with Crippen LogP contribution in [-0.4, -0.2) is 28.5 Å². The van der Waals surface area contributed by atoms with Crippen molar-refractivity contribution in [3.8, 4) is 0 Å². The summed E-state index contributed by atoms with van der Waals surface area (Å²) >= 11 is 1.53. The number of amides is 1. The number of fused-ring (bicyclic) bond motifs is 1. The summed E-state index contributed by atoms with van der Waals surface area (Å²) in [5.41, 5.74) is 1.76. The van der Waals surface area contributed by atoms with Gasteiger partial charge in [0.1, 0.15) is 11.4 Å². The van der Waals surface area contributed by atoms with E-state index in [1.807, 2.05) is 18.2 Å². The van der Waals surface area contributed by atoms with Gasteiger partial charge in [-0.1, -0.05) is 19.8 Å². The fraction of sp³-hybridized carbons (Fsp3) is 0.409. The van der Waals surface area contributed by atoms with E-state index in [2.05, 4.69) is 34.3 Å². The van der Waals surface area contributed by atoms with E-state index in [0.717, 1.165) is 34.9 Å². The lowest BCUT2D eigenvalue weighted by molar-refractivity contribution is -0.116. The third-order valence-corrected chi connectivity index (χ3v) is 6.54. The number of rotatable bonds is 5. The molecule has 4 rings (SSSR count). The highest BCUT2D eigenvalue weighted by Crippen LogP contribution is 2.22. The molecule has 0 radical (unpaired) electrons. The molecule has 2 aromatic heterocycles. The predicted molar refractivity (Wildman–Crippen MR) is 119 cm³/mol. The molecule has 0 unspecified atom stereocenters. The molecule has 3 aromatic rings. The van der Waals surface area contributed by atoms with Crippen molar-refractivity contribution in [2.45, 2.75) is 45.6 Å². The number of benzene rings is 1. The lowest BCUT2D eigenvalue weighted by atomic mass is 10.2. The summed E-state index contributed by atoms with van der Waals surface area (Å²) < 4.78 is 1.37. The quantitative estimate of drug-likeness (QED) is 0.689. The van der Waals surface area contributed by atoms with Crippen LogP contribution in [-0.2, 0) is 17.8 Å². The summed E-state index contributed by atoms with van der Waals surface area (Å²) in [7, 11) is 0. The fourth-order valence-electron chi connectivity index (χ4n) is 3.74. The summed E-state index contributed by atoms with van der Waals surface area (Å²) in [6.45, 7) is 4.18.